The van der Waals surface area contributed by atoms with Gasteiger partial charge in [-0.2, -0.15) is 10.2 Å². The summed E-state index contributed by atoms with van der Waals surface area (Å²) < 4.78 is 21.6. The molecule has 0 radical (unpaired) electrons. The van der Waals surface area contributed by atoms with Crippen LogP contribution in [-0.4, -0.2) is 45.2 Å². The van der Waals surface area contributed by atoms with Crippen LogP contribution in [0, 0.1) is 0 Å². The summed E-state index contributed by atoms with van der Waals surface area (Å²) in [6.45, 7) is 5.60. The minimum Gasteiger partial charge on any atom is -0.491 e. The van der Waals surface area contributed by atoms with Crippen LogP contribution < -0.4 is 24.3 Å². The topological polar surface area (TPSA) is 108 Å². The maximum atomic E-state index is 12.8. The zero-order chi connectivity index (χ0) is 24.5. The number of azo groups is 1. The molecule has 0 aliphatic heterocycles. The van der Waals surface area contributed by atoms with E-state index in [1.54, 1.807) is 19.1 Å². The number of hydrogen-bond donors (Lipinski definition) is 1. The van der Waals surface area contributed by atoms with Gasteiger partial charge in [0.2, 0.25) is 6.04 Å². The number of Topliss-reactive ketones (excluding diaryl/α,β-unsaturated/α-hetero) is 1. The van der Waals surface area contributed by atoms with E-state index in [2.05, 4.69) is 15.5 Å². The van der Waals surface area contributed by atoms with Crippen LogP contribution in [0.15, 0.2) is 34.5 Å². The lowest BCUT2D eigenvalue weighted by Crippen LogP contribution is -2.32. The van der Waals surface area contributed by atoms with Crippen molar-refractivity contribution < 1.29 is 28.5 Å². The van der Waals surface area contributed by atoms with Gasteiger partial charge in [-0.3, -0.25) is 9.59 Å². The summed E-state index contributed by atoms with van der Waals surface area (Å²) in [5.41, 5.74) is 0.469. The van der Waals surface area contributed by atoms with Crippen LogP contribution >= 0.6 is 23.2 Å². The molecule has 0 fully saturated rings. The number of rotatable bonds is 11. The van der Waals surface area contributed by atoms with Gasteiger partial charge in [-0.25, -0.2) is 0 Å². The lowest BCUT2D eigenvalue weighted by Gasteiger charge is -2.16. The smallest absolute Gasteiger partial charge is 0.258 e. The molecule has 1 unspecified atom stereocenters. The van der Waals surface area contributed by atoms with Crippen molar-refractivity contribution in [3.05, 3.63) is 34.3 Å². The first kappa shape index (κ1) is 26.2. The normalized spacial score (nSPS) is 11.7. The first-order chi connectivity index (χ1) is 15.8. The average molecular weight is 498 g/mol. The van der Waals surface area contributed by atoms with E-state index >= 15 is 0 Å². The van der Waals surface area contributed by atoms with Gasteiger partial charge in [0.25, 0.3) is 5.91 Å². The summed E-state index contributed by atoms with van der Waals surface area (Å²) in [4.78, 5) is 25.0. The minimum absolute atomic E-state index is 0.138. The Morgan fingerprint density at radius 3 is 2.21 bits per heavy atom. The van der Waals surface area contributed by atoms with Crippen molar-refractivity contribution in [2.45, 2.75) is 26.8 Å². The van der Waals surface area contributed by atoms with Gasteiger partial charge in [0.15, 0.2) is 28.8 Å². The van der Waals surface area contributed by atoms with Crippen molar-refractivity contribution in [1.29, 1.82) is 0 Å². The number of nitrogens with one attached hydrogen (secondary N) is 1. The Morgan fingerprint density at radius 1 is 0.970 bits per heavy atom. The molecule has 1 N–H and O–H groups in total. The number of nitrogens with zero attached hydrogens (tertiary/aromatic N) is 2. The zero-order valence-corrected chi connectivity index (χ0v) is 20.4. The van der Waals surface area contributed by atoms with Crippen LogP contribution in [0.4, 0.5) is 11.4 Å². The van der Waals surface area contributed by atoms with Crippen LogP contribution in [0.1, 0.15) is 20.8 Å². The molecule has 2 aromatic rings. The highest BCUT2D eigenvalue weighted by molar-refractivity contribution is 6.35. The molecule has 0 aromatic heterocycles. The van der Waals surface area contributed by atoms with E-state index in [-0.39, 0.29) is 33.6 Å². The molecule has 0 bridgehead atoms. The third-order valence-electron chi connectivity index (χ3n) is 4.27. The van der Waals surface area contributed by atoms with Gasteiger partial charge in [-0.05, 0) is 45.0 Å². The molecular formula is C22H25Cl2N3O6. The standard InChI is InChI=1S/C22H25Cl2N3O6/c1-6-32-16-11-10-14(17(24)21(16)33-7-2)25-22(29)18(12(3)28)27-26-15-9-8-13(23)19(30-4)20(15)31-5/h8-11,18H,6-7H2,1-5H3,(H,25,29). The Bertz CT molecular complexity index is 1050. The molecule has 2 aromatic carbocycles. The predicted molar refractivity (Wildman–Crippen MR) is 126 cm³/mol. The number of benzene rings is 2. The van der Waals surface area contributed by atoms with Gasteiger partial charge >= 0.3 is 0 Å². The lowest BCUT2D eigenvalue weighted by atomic mass is 10.2. The van der Waals surface area contributed by atoms with Gasteiger partial charge in [0, 0.05) is 0 Å². The molecule has 33 heavy (non-hydrogen) atoms. The van der Waals surface area contributed by atoms with E-state index in [4.69, 9.17) is 42.1 Å². The molecule has 0 spiro atoms. The second kappa shape index (κ2) is 12.3. The third kappa shape index (κ3) is 6.27. The van der Waals surface area contributed by atoms with Crippen LogP contribution in [0.3, 0.4) is 0 Å². The van der Waals surface area contributed by atoms with Crippen LogP contribution in [-0.2, 0) is 9.59 Å². The number of amides is 1. The summed E-state index contributed by atoms with van der Waals surface area (Å²) in [6.07, 6.45) is 0. The van der Waals surface area contributed by atoms with E-state index in [1.807, 2.05) is 6.92 Å². The summed E-state index contributed by atoms with van der Waals surface area (Å²) in [5.74, 6) is -0.0499. The van der Waals surface area contributed by atoms with Crippen molar-refractivity contribution in [2.75, 3.05) is 32.8 Å². The van der Waals surface area contributed by atoms with Crippen LogP contribution in [0.2, 0.25) is 10.0 Å². The maximum absolute atomic E-state index is 12.8. The van der Waals surface area contributed by atoms with Gasteiger partial charge < -0.3 is 24.3 Å². The van der Waals surface area contributed by atoms with E-state index < -0.39 is 17.7 Å². The average Bonchev–Trinajstić information content (AvgIpc) is 2.78. The number of carbonyl (C=O) groups is 2. The molecule has 0 aliphatic rings. The summed E-state index contributed by atoms with van der Waals surface area (Å²) in [7, 11) is 2.83. The fourth-order valence-electron chi connectivity index (χ4n) is 2.82. The molecule has 0 aliphatic carbocycles. The Kier molecular flexibility index (Phi) is 9.74. The fraction of sp³-hybridized carbons (Fsp3) is 0.364. The highest BCUT2D eigenvalue weighted by Crippen LogP contribution is 2.43. The first-order valence-electron chi connectivity index (χ1n) is 9.99. The van der Waals surface area contributed by atoms with Crippen molar-refractivity contribution in [3.8, 4) is 23.0 Å². The summed E-state index contributed by atoms with van der Waals surface area (Å²) >= 11 is 12.5. The number of ketones is 1. The highest BCUT2D eigenvalue weighted by Gasteiger charge is 2.26. The molecular weight excluding hydrogens is 473 g/mol. The van der Waals surface area contributed by atoms with E-state index in [9.17, 15) is 9.59 Å². The third-order valence-corrected chi connectivity index (χ3v) is 4.95. The SMILES string of the molecule is CCOc1ccc(NC(=O)C(N=Nc2ccc(Cl)c(OC)c2OC)C(C)=O)c(Cl)c1OCC. The molecule has 0 heterocycles. The molecule has 1 atom stereocenters. The molecule has 1 amide bonds. The van der Waals surface area contributed by atoms with E-state index in [0.717, 1.165) is 0 Å². The Morgan fingerprint density at radius 2 is 1.64 bits per heavy atom. The summed E-state index contributed by atoms with van der Waals surface area (Å²) in [6, 6.07) is 4.80. The van der Waals surface area contributed by atoms with Crippen LogP contribution in [0.5, 0.6) is 23.0 Å². The fourth-order valence-corrected chi connectivity index (χ4v) is 3.30. The molecule has 0 saturated heterocycles. The Hall–Kier alpha value is -3.04. The highest BCUT2D eigenvalue weighted by atomic mass is 35.5. The quantitative estimate of drug-likeness (QED) is 0.324. The monoisotopic (exact) mass is 497 g/mol. The lowest BCUT2D eigenvalue weighted by molar-refractivity contribution is -0.126. The maximum Gasteiger partial charge on any atom is 0.258 e. The number of methoxy groups -OCH3 is 2. The van der Waals surface area contributed by atoms with Crippen molar-refractivity contribution in [1.82, 2.24) is 0 Å². The van der Waals surface area contributed by atoms with Crippen molar-refractivity contribution >= 4 is 46.3 Å². The van der Waals surface area contributed by atoms with Crippen LogP contribution in [0.25, 0.3) is 0 Å². The predicted octanol–water partition coefficient (Wildman–Crippen LogP) is 5.49. The molecule has 11 heteroatoms. The van der Waals surface area contributed by atoms with E-state index in [0.29, 0.717) is 24.0 Å². The largest absolute Gasteiger partial charge is 0.491 e. The van der Waals surface area contributed by atoms with Crippen molar-refractivity contribution in [3.63, 3.8) is 0 Å². The van der Waals surface area contributed by atoms with Gasteiger partial charge in [-0.15, -0.1) is 0 Å². The molecule has 2 rings (SSSR count). The number of hydrogen-bond acceptors (Lipinski definition) is 8. The van der Waals surface area contributed by atoms with Gasteiger partial charge in [-0.1, -0.05) is 23.2 Å². The zero-order valence-electron chi connectivity index (χ0n) is 18.9. The number of ether oxygens (including phenoxy) is 4. The number of anilines is 1. The molecule has 0 saturated carbocycles. The minimum atomic E-state index is -1.44. The molecule has 178 valence electrons. The Labute approximate surface area is 202 Å². The second-order valence-electron chi connectivity index (χ2n) is 6.47. The van der Waals surface area contributed by atoms with Gasteiger partial charge in [0.1, 0.15) is 10.7 Å². The molecule has 9 nitrogen and oxygen atoms in total. The Balaban J connectivity index is 2.34. The first-order valence-corrected chi connectivity index (χ1v) is 10.7. The van der Waals surface area contributed by atoms with Gasteiger partial charge in [0.05, 0.1) is 38.1 Å². The summed E-state index contributed by atoms with van der Waals surface area (Å²) in [5, 5.41) is 11.0. The second-order valence-corrected chi connectivity index (χ2v) is 7.26. The number of carbonyl (C=O) groups excluding carboxylic acids is 2. The van der Waals surface area contributed by atoms with Crippen molar-refractivity contribution in [2.24, 2.45) is 10.2 Å². The van der Waals surface area contributed by atoms with E-state index in [1.165, 1.54) is 33.3 Å². The number of halogens is 2.